The minimum atomic E-state index is -0.336. The number of hydrogen-bond acceptors (Lipinski definition) is 2. The zero-order valence-corrected chi connectivity index (χ0v) is 8.37. The first-order valence-corrected chi connectivity index (χ1v) is 4.65. The zero-order chi connectivity index (χ0) is 10.8. The highest BCUT2D eigenvalue weighted by Crippen LogP contribution is 2.25. The minimum Gasteiger partial charge on any atom is -0.384 e. The van der Waals surface area contributed by atoms with Gasteiger partial charge in [0.25, 0.3) is 0 Å². The standard InChI is InChI=1S/C12H11FN2/c1-8-4-2-3-5-9(8)10-7-15-12(14)6-11(10)13/h2-7H,1H3,(H2,14,15). The van der Waals surface area contributed by atoms with Crippen molar-refractivity contribution in [3.8, 4) is 11.1 Å². The molecule has 0 spiro atoms. The fourth-order valence-electron chi connectivity index (χ4n) is 1.52. The topological polar surface area (TPSA) is 38.9 Å². The highest BCUT2D eigenvalue weighted by Gasteiger charge is 2.07. The molecule has 76 valence electrons. The molecule has 2 aromatic rings. The smallest absolute Gasteiger partial charge is 0.136 e. The van der Waals surface area contributed by atoms with Crippen LogP contribution in [0.15, 0.2) is 36.5 Å². The molecule has 0 saturated heterocycles. The van der Waals surface area contributed by atoms with Crippen LogP contribution < -0.4 is 5.73 Å². The summed E-state index contributed by atoms with van der Waals surface area (Å²) >= 11 is 0. The number of hydrogen-bond donors (Lipinski definition) is 1. The summed E-state index contributed by atoms with van der Waals surface area (Å²) < 4.78 is 13.6. The summed E-state index contributed by atoms with van der Waals surface area (Å²) in [5.74, 6) is -0.137. The maximum atomic E-state index is 13.6. The van der Waals surface area contributed by atoms with Gasteiger partial charge in [0.1, 0.15) is 11.6 Å². The van der Waals surface area contributed by atoms with Crippen LogP contribution in [0.5, 0.6) is 0 Å². The molecule has 0 atom stereocenters. The maximum absolute atomic E-state index is 13.6. The van der Waals surface area contributed by atoms with Crippen molar-refractivity contribution in [1.29, 1.82) is 0 Å². The minimum absolute atomic E-state index is 0.199. The van der Waals surface area contributed by atoms with E-state index in [1.54, 1.807) is 0 Å². The van der Waals surface area contributed by atoms with Crippen molar-refractivity contribution in [3.63, 3.8) is 0 Å². The summed E-state index contributed by atoms with van der Waals surface area (Å²) in [4.78, 5) is 3.90. The second kappa shape index (κ2) is 3.69. The third-order valence-electron chi connectivity index (χ3n) is 2.31. The lowest BCUT2D eigenvalue weighted by atomic mass is 10.0. The first kappa shape index (κ1) is 9.65. The van der Waals surface area contributed by atoms with Crippen LogP contribution in [0.3, 0.4) is 0 Å². The molecule has 0 radical (unpaired) electrons. The SMILES string of the molecule is Cc1ccccc1-c1cnc(N)cc1F. The van der Waals surface area contributed by atoms with Crippen molar-refractivity contribution >= 4 is 5.82 Å². The number of aryl methyl sites for hydroxylation is 1. The lowest BCUT2D eigenvalue weighted by Crippen LogP contribution is -1.94. The van der Waals surface area contributed by atoms with Gasteiger partial charge >= 0.3 is 0 Å². The Labute approximate surface area is 87.6 Å². The molecule has 3 heteroatoms. The van der Waals surface area contributed by atoms with Gasteiger partial charge in [-0.1, -0.05) is 24.3 Å². The summed E-state index contributed by atoms with van der Waals surface area (Å²) in [5, 5.41) is 0. The predicted molar refractivity (Wildman–Crippen MR) is 58.8 cm³/mol. The van der Waals surface area contributed by atoms with E-state index in [1.165, 1.54) is 12.3 Å². The third-order valence-corrected chi connectivity index (χ3v) is 2.31. The Balaban J connectivity index is 2.60. The number of halogens is 1. The fourth-order valence-corrected chi connectivity index (χ4v) is 1.52. The molecule has 2 rings (SSSR count). The van der Waals surface area contributed by atoms with Crippen LogP contribution in [0, 0.1) is 12.7 Å². The van der Waals surface area contributed by atoms with Crippen molar-refractivity contribution in [3.05, 3.63) is 47.9 Å². The van der Waals surface area contributed by atoms with E-state index < -0.39 is 0 Å². The van der Waals surface area contributed by atoms with E-state index >= 15 is 0 Å². The number of nitrogens with zero attached hydrogens (tertiary/aromatic N) is 1. The molecule has 0 aliphatic rings. The Morgan fingerprint density at radius 3 is 2.60 bits per heavy atom. The van der Waals surface area contributed by atoms with Gasteiger partial charge in [0.2, 0.25) is 0 Å². The molecule has 0 saturated carbocycles. The van der Waals surface area contributed by atoms with Crippen LogP contribution in [0.25, 0.3) is 11.1 Å². The molecule has 15 heavy (non-hydrogen) atoms. The van der Waals surface area contributed by atoms with Crippen molar-refractivity contribution in [2.24, 2.45) is 0 Å². The second-order valence-electron chi connectivity index (χ2n) is 3.40. The second-order valence-corrected chi connectivity index (χ2v) is 3.40. The fraction of sp³-hybridized carbons (Fsp3) is 0.0833. The predicted octanol–water partition coefficient (Wildman–Crippen LogP) is 2.78. The average molecular weight is 202 g/mol. The average Bonchev–Trinajstić information content (AvgIpc) is 2.20. The maximum Gasteiger partial charge on any atom is 0.136 e. The van der Waals surface area contributed by atoms with Crippen molar-refractivity contribution in [2.75, 3.05) is 5.73 Å². The molecule has 0 fully saturated rings. The van der Waals surface area contributed by atoms with Crippen LogP contribution in [0.1, 0.15) is 5.56 Å². The van der Waals surface area contributed by atoms with Crippen LogP contribution in [-0.2, 0) is 0 Å². The Morgan fingerprint density at radius 2 is 1.93 bits per heavy atom. The lowest BCUT2D eigenvalue weighted by Gasteiger charge is -2.06. The monoisotopic (exact) mass is 202 g/mol. The Bertz CT molecular complexity index is 495. The quantitative estimate of drug-likeness (QED) is 0.772. The molecular formula is C12H11FN2. The summed E-state index contributed by atoms with van der Waals surface area (Å²) in [5.41, 5.74) is 7.75. The van der Waals surface area contributed by atoms with E-state index in [0.717, 1.165) is 11.1 Å². The molecule has 2 N–H and O–H groups in total. The van der Waals surface area contributed by atoms with E-state index in [1.807, 2.05) is 31.2 Å². The summed E-state index contributed by atoms with van der Waals surface area (Å²) in [6, 6.07) is 8.83. The van der Waals surface area contributed by atoms with Gasteiger partial charge < -0.3 is 5.73 Å². The summed E-state index contributed by atoms with van der Waals surface area (Å²) in [7, 11) is 0. The number of pyridine rings is 1. The van der Waals surface area contributed by atoms with Crippen molar-refractivity contribution in [1.82, 2.24) is 4.98 Å². The van der Waals surface area contributed by atoms with Gasteiger partial charge in [-0.3, -0.25) is 0 Å². The van der Waals surface area contributed by atoms with E-state index in [-0.39, 0.29) is 11.6 Å². The molecule has 0 bridgehead atoms. The van der Waals surface area contributed by atoms with Gasteiger partial charge in [-0.25, -0.2) is 9.37 Å². The largest absolute Gasteiger partial charge is 0.384 e. The Hall–Kier alpha value is -1.90. The highest BCUT2D eigenvalue weighted by atomic mass is 19.1. The number of rotatable bonds is 1. The number of nitrogen functional groups attached to an aromatic ring is 1. The highest BCUT2D eigenvalue weighted by molar-refractivity contribution is 5.67. The number of aromatic nitrogens is 1. The molecule has 1 aromatic carbocycles. The van der Waals surface area contributed by atoms with Gasteiger partial charge in [0.15, 0.2) is 0 Å². The van der Waals surface area contributed by atoms with E-state index in [2.05, 4.69) is 4.98 Å². The molecule has 0 amide bonds. The van der Waals surface area contributed by atoms with Crippen molar-refractivity contribution < 1.29 is 4.39 Å². The molecule has 1 aromatic heterocycles. The van der Waals surface area contributed by atoms with E-state index in [9.17, 15) is 4.39 Å². The number of anilines is 1. The number of nitrogens with two attached hydrogens (primary N) is 1. The number of benzene rings is 1. The van der Waals surface area contributed by atoms with Gasteiger partial charge in [-0.15, -0.1) is 0 Å². The normalized spacial score (nSPS) is 10.3. The molecule has 0 aliphatic heterocycles. The van der Waals surface area contributed by atoms with Gasteiger partial charge in [0, 0.05) is 17.8 Å². The van der Waals surface area contributed by atoms with E-state index in [4.69, 9.17) is 5.73 Å². The molecule has 2 nitrogen and oxygen atoms in total. The Kier molecular flexibility index (Phi) is 2.37. The van der Waals surface area contributed by atoms with Crippen LogP contribution in [-0.4, -0.2) is 4.98 Å². The van der Waals surface area contributed by atoms with Gasteiger partial charge in [0.05, 0.1) is 0 Å². The lowest BCUT2D eigenvalue weighted by molar-refractivity contribution is 0.630. The molecule has 0 aliphatic carbocycles. The Morgan fingerprint density at radius 1 is 1.20 bits per heavy atom. The third kappa shape index (κ3) is 1.81. The summed E-state index contributed by atoms with van der Waals surface area (Å²) in [6.45, 7) is 1.94. The summed E-state index contributed by atoms with van der Waals surface area (Å²) in [6.07, 6.45) is 1.47. The van der Waals surface area contributed by atoms with Gasteiger partial charge in [-0.2, -0.15) is 0 Å². The molecular weight excluding hydrogens is 191 g/mol. The van der Waals surface area contributed by atoms with Crippen LogP contribution in [0.4, 0.5) is 10.2 Å². The van der Waals surface area contributed by atoms with Gasteiger partial charge in [-0.05, 0) is 18.1 Å². The first-order chi connectivity index (χ1) is 7.18. The van der Waals surface area contributed by atoms with Crippen molar-refractivity contribution in [2.45, 2.75) is 6.92 Å². The van der Waals surface area contributed by atoms with E-state index in [0.29, 0.717) is 5.56 Å². The van der Waals surface area contributed by atoms with Crippen LogP contribution in [0.2, 0.25) is 0 Å². The van der Waals surface area contributed by atoms with Crippen LogP contribution >= 0.6 is 0 Å². The first-order valence-electron chi connectivity index (χ1n) is 4.65. The molecule has 1 heterocycles. The molecule has 0 unspecified atom stereocenters. The zero-order valence-electron chi connectivity index (χ0n) is 8.37.